The number of rotatable bonds is 6. The van der Waals surface area contributed by atoms with Crippen LogP contribution in [0, 0.1) is 13.8 Å². The Kier molecular flexibility index (Phi) is 5.70. The molecule has 4 nitrogen and oxygen atoms in total. The predicted octanol–water partition coefficient (Wildman–Crippen LogP) is 2.86. The summed E-state index contributed by atoms with van der Waals surface area (Å²) in [5, 5.41) is 5.07. The Balaban J connectivity index is 2.02. The van der Waals surface area contributed by atoms with Gasteiger partial charge in [-0.15, -0.1) is 11.8 Å². The fourth-order valence-electron chi connectivity index (χ4n) is 2.21. The van der Waals surface area contributed by atoms with Gasteiger partial charge in [-0.2, -0.15) is 5.10 Å². The van der Waals surface area contributed by atoms with Gasteiger partial charge in [0.05, 0.1) is 16.4 Å². The van der Waals surface area contributed by atoms with Crippen LogP contribution in [-0.4, -0.2) is 21.6 Å². The van der Waals surface area contributed by atoms with Gasteiger partial charge in [0.1, 0.15) is 0 Å². The molecule has 2 aromatic rings. The van der Waals surface area contributed by atoms with Crippen molar-refractivity contribution >= 4 is 23.4 Å². The van der Waals surface area contributed by atoms with Crippen LogP contribution in [0.25, 0.3) is 0 Å². The van der Waals surface area contributed by atoms with E-state index in [1.54, 1.807) is 11.8 Å². The largest absolute Gasteiger partial charge is 0.271 e. The fraction of sp³-hybridized carbons (Fsp3) is 0.400. The molecule has 0 saturated heterocycles. The second-order valence-electron chi connectivity index (χ2n) is 5.11. The van der Waals surface area contributed by atoms with Crippen LogP contribution in [0.1, 0.15) is 17.0 Å². The summed E-state index contributed by atoms with van der Waals surface area (Å²) >= 11 is 8.10. The smallest absolute Gasteiger partial charge is 0.0847 e. The molecule has 0 bridgehead atoms. The van der Waals surface area contributed by atoms with Gasteiger partial charge in [-0.05, 0) is 25.5 Å². The van der Waals surface area contributed by atoms with E-state index in [4.69, 9.17) is 17.4 Å². The van der Waals surface area contributed by atoms with E-state index in [-0.39, 0.29) is 6.04 Å². The molecule has 0 aliphatic heterocycles. The van der Waals surface area contributed by atoms with E-state index >= 15 is 0 Å². The highest BCUT2D eigenvalue weighted by Gasteiger charge is 2.16. The predicted molar refractivity (Wildman–Crippen MR) is 89.7 cm³/mol. The third-order valence-electron chi connectivity index (χ3n) is 3.47. The van der Waals surface area contributed by atoms with Crippen molar-refractivity contribution < 1.29 is 0 Å². The van der Waals surface area contributed by atoms with Crippen molar-refractivity contribution in [1.29, 1.82) is 0 Å². The average molecular weight is 325 g/mol. The summed E-state index contributed by atoms with van der Waals surface area (Å²) in [5.41, 5.74) is 6.04. The lowest BCUT2D eigenvalue weighted by Crippen LogP contribution is -2.39. The number of hydrogen-bond acceptors (Lipinski definition) is 4. The second-order valence-corrected chi connectivity index (χ2v) is 6.55. The van der Waals surface area contributed by atoms with Gasteiger partial charge in [0.2, 0.25) is 0 Å². The summed E-state index contributed by atoms with van der Waals surface area (Å²) in [4.78, 5) is 1.28. The summed E-state index contributed by atoms with van der Waals surface area (Å²) in [5.74, 6) is 6.57. The first-order chi connectivity index (χ1) is 10.0. The first-order valence-electron chi connectivity index (χ1n) is 6.85. The highest BCUT2D eigenvalue weighted by Crippen LogP contribution is 2.25. The maximum absolute atomic E-state index is 6.30. The average Bonchev–Trinajstić information content (AvgIpc) is 2.70. The normalized spacial score (nSPS) is 12.6. The van der Waals surface area contributed by atoms with Crippen LogP contribution in [0.5, 0.6) is 0 Å². The Morgan fingerprint density at radius 1 is 1.38 bits per heavy atom. The molecule has 0 amide bonds. The van der Waals surface area contributed by atoms with Crippen molar-refractivity contribution in [2.75, 3.05) is 5.75 Å². The van der Waals surface area contributed by atoms with E-state index < -0.39 is 0 Å². The summed E-state index contributed by atoms with van der Waals surface area (Å²) in [6, 6.07) is 8.50. The molecule has 21 heavy (non-hydrogen) atoms. The summed E-state index contributed by atoms with van der Waals surface area (Å²) < 4.78 is 1.83. The maximum Gasteiger partial charge on any atom is 0.0847 e. The molecule has 114 valence electrons. The number of nitrogens with one attached hydrogen (secondary N) is 1. The topological polar surface area (TPSA) is 55.9 Å². The minimum absolute atomic E-state index is 0.141. The van der Waals surface area contributed by atoms with E-state index in [2.05, 4.69) is 41.7 Å². The summed E-state index contributed by atoms with van der Waals surface area (Å²) in [6.45, 7) is 4.04. The highest BCUT2D eigenvalue weighted by atomic mass is 35.5. The zero-order chi connectivity index (χ0) is 15.4. The minimum atomic E-state index is 0.141. The number of halogens is 1. The number of benzene rings is 1. The molecule has 0 fully saturated rings. The molecule has 2 rings (SSSR count). The van der Waals surface area contributed by atoms with Crippen molar-refractivity contribution in [1.82, 2.24) is 15.2 Å². The molecule has 0 saturated carbocycles. The summed E-state index contributed by atoms with van der Waals surface area (Å²) in [6.07, 6.45) is 0.756. The van der Waals surface area contributed by atoms with Gasteiger partial charge in [0.25, 0.3) is 0 Å². The SMILES string of the molecule is Cc1ccccc1SCC(Cc1c(Cl)c(C)nn1C)NN. The maximum atomic E-state index is 6.30. The number of nitrogens with zero attached hydrogens (tertiary/aromatic N) is 2. The zero-order valence-electron chi connectivity index (χ0n) is 12.6. The van der Waals surface area contributed by atoms with Gasteiger partial charge in [0.15, 0.2) is 0 Å². The first-order valence-corrected chi connectivity index (χ1v) is 8.21. The van der Waals surface area contributed by atoms with Crippen LogP contribution in [0.15, 0.2) is 29.2 Å². The molecule has 3 N–H and O–H groups in total. The van der Waals surface area contributed by atoms with E-state index in [0.29, 0.717) is 0 Å². The molecule has 1 atom stereocenters. The molecule has 0 aliphatic rings. The number of hydrogen-bond donors (Lipinski definition) is 2. The van der Waals surface area contributed by atoms with Crippen LogP contribution in [-0.2, 0) is 13.5 Å². The van der Waals surface area contributed by atoms with E-state index in [0.717, 1.165) is 28.6 Å². The van der Waals surface area contributed by atoms with Crippen molar-refractivity contribution in [3.05, 3.63) is 46.2 Å². The van der Waals surface area contributed by atoms with E-state index in [9.17, 15) is 0 Å². The second kappa shape index (κ2) is 7.31. The number of aromatic nitrogens is 2. The third-order valence-corrected chi connectivity index (χ3v) is 5.30. The number of thioether (sulfide) groups is 1. The molecular formula is C15H21ClN4S. The lowest BCUT2D eigenvalue weighted by molar-refractivity contribution is 0.551. The van der Waals surface area contributed by atoms with Crippen LogP contribution < -0.4 is 11.3 Å². The van der Waals surface area contributed by atoms with Gasteiger partial charge >= 0.3 is 0 Å². The molecular weight excluding hydrogens is 304 g/mol. The molecule has 1 unspecified atom stereocenters. The van der Waals surface area contributed by atoms with Crippen LogP contribution in [0.4, 0.5) is 0 Å². The van der Waals surface area contributed by atoms with Crippen molar-refractivity contribution in [3.63, 3.8) is 0 Å². The molecule has 6 heteroatoms. The minimum Gasteiger partial charge on any atom is -0.271 e. The molecule has 1 aromatic carbocycles. The standard InChI is InChI=1S/C15H21ClN4S/c1-10-6-4-5-7-14(10)21-9-12(18-17)8-13-15(16)11(2)19-20(13)3/h4-7,12,18H,8-9,17H2,1-3H3. The zero-order valence-corrected chi connectivity index (χ0v) is 14.1. The number of aryl methyl sites for hydroxylation is 3. The molecule has 0 aliphatic carbocycles. The van der Waals surface area contributed by atoms with Gasteiger partial charge in [-0.25, -0.2) is 0 Å². The quantitative estimate of drug-likeness (QED) is 0.487. The molecule has 1 heterocycles. The van der Waals surface area contributed by atoms with Crippen LogP contribution in [0.2, 0.25) is 5.02 Å². The van der Waals surface area contributed by atoms with Crippen LogP contribution in [0.3, 0.4) is 0 Å². The monoisotopic (exact) mass is 324 g/mol. The molecule has 0 spiro atoms. The third kappa shape index (κ3) is 4.01. The van der Waals surface area contributed by atoms with Gasteiger partial charge in [-0.1, -0.05) is 29.8 Å². The Morgan fingerprint density at radius 3 is 2.67 bits per heavy atom. The Morgan fingerprint density at radius 2 is 2.10 bits per heavy atom. The van der Waals surface area contributed by atoms with Crippen LogP contribution >= 0.6 is 23.4 Å². The Labute approximate surface area is 135 Å². The molecule has 1 aromatic heterocycles. The van der Waals surface area contributed by atoms with E-state index in [1.807, 2.05) is 18.7 Å². The van der Waals surface area contributed by atoms with Gasteiger partial charge < -0.3 is 0 Å². The molecule has 0 radical (unpaired) electrons. The lowest BCUT2D eigenvalue weighted by atomic mass is 10.2. The summed E-state index contributed by atoms with van der Waals surface area (Å²) in [7, 11) is 1.91. The van der Waals surface area contributed by atoms with Crippen molar-refractivity contribution in [2.45, 2.75) is 31.2 Å². The fourth-order valence-corrected chi connectivity index (χ4v) is 3.51. The Bertz CT molecular complexity index is 612. The lowest BCUT2D eigenvalue weighted by Gasteiger charge is -2.16. The number of hydrazine groups is 1. The van der Waals surface area contributed by atoms with Crippen molar-refractivity contribution in [2.24, 2.45) is 12.9 Å². The first kappa shape index (κ1) is 16.4. The van der Waals surface area contributed by atoms with Gasteiger partial charge in [0, 0.05) is 30.2 Å². The Hall–Kier alpha value is -1.01. The number of nitrogens with two attached hydrogens (primary N) is 1. The van der Waals surface area contributed by atoms with Crippen molar-refractivity contribution in [3.8, 4) is 0 Å². The van der Waals surface area contributed by atoms with Gasteiger partial charge in [-0.3, -0.25) is 16.0 Å². The highest BCUT2D eigenvalue weighted by molar-refractivity contribution is 7.99. The van der Waals surface area contributed by atoms with E-state index in [1.165, 1.54) is 10.5 Å².